The number of hydrogen-bond acceptors (Lipinski definition) is 4. The summed E-state index contributed by atoms with van der Waals surface area (Å²) in [5, 5.41) is 9.95. The van der Waals surface area contributed by atoms with Crippen molar-refractivity contribution in [3.05, 3.63) is 59.1 Å². The van der Waals surface area contributed by atoms with Gasteiger partial charge in [0.05, 0.1) is 10.6 Å². The summed E-state index contributed by atoms with van der Waals surface area (Å²) >= 11 is 5.94. The number of aromatic hydroxyl groups is 1. The maximum Gasteiger partial charge on any atom is 0.279 e. The third-order valence-electron chi connectivity index (χ3n) is 2.96. The molecule has 0 aliphatic rings. The lowest BCUT2D eigenvalue weighted by molar-refractivity contribution is -0.128. The predicted molar refractivity (Wildman–Crippen MR) is 85.3 cm³/mol. The molecule has 0 radical (unpaired) electrons. The minimum Gasteiger partial charge on any atom is -0.507 e. The lowest BCUT2D eigenvalue weighted by atomic mass is 10.2. The first-order valence-corrected chi connectivity index (χ1v) is 7.16. The van der Waals surface area contributed by atoms with Crippen LogP contribution in [0.3, 0.4) is 0 Å². The SMILES string of the molecule is CC(Oc1ccccc1Cl)C(=O)NNC(=O)c1ccccc1O. The van der Waals surface area contributed by atoms with Gasteiger partial charge in [-0.2, -0.15) is 0 Å². The molecule has 0 aliphatic heterocycles. The van der Waals surface area contributed by atoms with Crippen molar-refractivity contribution in [3.63, 3.8) is 0 Å². The molecule has 0 aliphatic carbocycles. The molecule has 2 aromatic carbocycles. The number of para-hydroxylation sites is 2. The van der Waals surface area contributed by atoms with E-state index in [4.69, 9.17) is 16.3 Å². The van der Waals surface area contributed by atoms with Crippen LogP contribution in [0.15, 0.2) is 48.5 Å². The quantitative estimate of drug-likeness (QED) is 0.748. The number of phenols is 1. The number of nitrogens with one attached hydrogen (secondary N) is 2. The van der Waals surface area contributed by atoms with E-state index < -0.39 is 17.9 Å². The van der Waals surface area contributed by atoms with Crippen LogP contribution in [0.2, 0.25) is 5.02 Å². The summed E-state index contributed by atoms with van der Waals surface area (Å²) in [5.74, 6) is -1.02. The van der Waals surface area contributed by atoms with Crippen molar-refractivity contribution in [2.75, 3.05) is 0 Å². The van der Waals surface area contributed by atoms with Gasteiger partial charge in [-0.3, -0.25) is 20.4 Å². The van der Waals surface area contributed by atoms with Crippen LogP contribution in [0.25, 0.3) is 0 Å². The maximum atomic E-state index is 11.9. The number of benzene rings is 2. The van der Waals surface area contributed by atoms with Crippen LogP contribution in [0.5, 0.6) is 11.5 Å². The molecule has 0 bridgehead atoms. The molecular weight excluding hydrogens is 320 g/mol. The lowest BCUT2D eigenvalue weighted by Crippen LogP contribution is -2.47. The molecule has 2 amide bonds. The number of amides is 2. The highest BCUT2D eigenvalue weighted by Gasteiger charge is 2.17. The standard InChI is InChI=1S/C16H15ClN2O4/c1-10(23-14-9-5-3-7-12(14)17)15(21)18-19-16(22)11-6-2-4-8-13(11)20/h2-10,20H,1H3,(H,18,21)(H,19,22). The fraction of sp³-hybridized carbons (Fsp3) is 0.125. The summed E-state index contributed by atoms with van der Waals surface area (Å²) in [4.78, 5) is 23.8. The molecule has 1 atom stereocenters. The Bertz CT molecular complexity index is 721. The van der Waals surface area contributed by atoms with Gasteiger partial charge in [0.1, 0.15) is 11.5 Å². The summed E-state index contributed by atoms with van der Waals surface area (Å²) in [7, 11) is 0. The van der Waals surface area contributed by atoms with Gasteiger partial charge in [0.25, 0.3) is 11.8 Å². The number of carbonyl (C=O) groups is 2. The minimum absolute atomic E-state index is 0.0486. The normalized spacial score (nSPS) is 11.4. The van der Waals surface area contributed by atoms with E-state index in [2.05, 4.69) is 10.9 Å². The van der Waals surface area contributed by atoms with E-state index in [1.165, 1.54) is 19.1 Å². The molecular formula is C16H15ClN2O4. The molecule has 120 valence electrons. The summed E-state index contributed by atoms with van der Waals surface area (Å²) in [5.41, 5.74) is 4.49. The van der Waals surface area contributed by atoms with Crippen molar-refractivity contribution in [1.29, 1.82) is 0 Å². The third-order valence-corrected chi connectivity index (χ3v) is 3.27. The summed E-state index contributed by atoms with van der Waals surface area (Å²) in [6.07, 6.45) is -0.875. The van der Waals surface area contributed by atoms with E-state index in [9.17, 15) is 14.7 Å². The van der Waals surface area contributed by atoms with Crippen molar-refractivity contribution in [3.8, 4) is 11.5 Å². The summed E-state index contributed by atoms with van der Waals surface area (Å²) in [6.45, 7) is 1.52. The Balaban J connectivity index is 1.91. The van der Waals surface area contributed by atoms with E-state index in [1.54, 1.807) is 36.4 Å². The molecule has 1 unspecified atom stereocenters. The minimum atomic E-state index is -0.875. The van der Waals surface area contributed by atoms with E-state index >= 15 is 0 Å². The molecule has 7 heteroatoms. The van der Waals surface area contributed by atoms with Gasteiger partial charge in [-0.25, -0.2) is 0 Å². The van der Waals surface area contributed by atoms with Crippen LogP contribution >= 0.6 is 11.6 Å². The molecule has 3 N–H and O–H groups in total. The molecule has 0 saturated carbocycles. The molecule has 2 aromatic rings. The van der Waals surface area contributed by atoms with Gasteiger partial charge in [-0.15, -0.1) is 0 Å². The zero-order chi connectivity index (χ0) is 16.8. The van der Waals surface area contributed by atoms with Crippen LogP contribution in [0.1, 0.15) is 17.3 Å². The second-order valence-electron chi connectivity index (χ2n) is 4.65. The van der Waals surface area contributed by atoms with E-state index in [-0.39, 0.29) is 11.3 Å². The highest BCUT2D eigenvalue weighted by molar-refractivity contribution is 6.32. The average molecular weight is 335 g/mol. The van der Waals surface area contributed by atoms with Crippen molar-refractivity contribution in [2.24, 2.45) is 0 Å². The number of hydrogen-bond donors (Lipinski definition) is 3. The third kappa shape index (κ3) is 4.37. The van der Waals surface area contributed by atoms with Gasteiger partial charge in [0.2, 0.25) is 0 Å². The average Bonchev–Trinajstić information content (AvgIpc) is 2.54. The number of halogens is 1. The lowest BCUT2D eigenvalue weighted by Gasteiger charge is -2.16. The van der Waals surface area contributed by atoms with E-state index in [0.29, 0.717) is 10.8 Å². The Morgan fingerprint density at radius 1 is 1.09 bits per heavy atom. The molecule has 6 nitrogen and oxygen atoms in total. The highest BCUT2D eigenvalue weighted by Crippen LogP contribution is 2.24. The van der Waals surface area contributed by atoms with Gasteiger partial charge in [-0.1, -0.05) is 35.9 Å². The number of rotatable bonds is 4. The number of carbonyl (C=O) groups excluding carboxylic acids is 2. The van der Waals surface area contributed by atoms with Crippen LogP contribution in [0.4, 0.5) is 0 Å². The van der Waals surface area contributed by atoms with E-state index in [1.807, 2.05) is 0 Å². The number of phenolic OH excluding ortho intramolecular Hbond substituents is 1. The van der Waals surface area contributed by atoms with Gasteiger partial charge in [0, 0.05) is 0 Å². The second kappa shape index (κ2) is 7.51. The monoisotopic (exact) mass is 334 g/mol. The Kier molecular flexibility index (Phi) is 5.43. The first-order chi connectivity index (χ1) is 11.0. The fourth-order valence-corrected chi connectivity index (χ4v) is 1.92. The van der Waals surface area contributed by atoms with Crippen LogP contribution in [-0.4, -0.2) is 23.0 Å². The molecule has 2 rings (SSSR count). The molecule has 0 saturated heterocycles. The molecule has 0 fully saturated rings. The van der Waals surface area contributed by atoms with Crippen LogP contribution in [-0.2, 0) is 4.79 Å². The Morgan fingerprint density at radius 3 is 2.43 bits per heavy atom. The summed E-state index contributed by atoms with van der Waals surface area (Å²) in [6, 6.07) is 12.7. The first-order valence-electron chi connectivity index (χ1n) is 6.78. The zero-order valence-electron chi connectivity index (χ0n) is 12.2. The van der Waals surface area contributed by atoms with Crippen molar-refractivity contribution in [1.82, 2.24) is 10.9 Å². The fourth-order valence-electron chi connectivity index (χ4n) is 1.74. The molecule has 23 heavy (non-hydrogen) atoms. The largest absolute Gasteiger partial charge is 0.507 e. The van der Waals surface area contributed by atoms with Crippen molar-refractivity contribution >= 4 is 23.4 Å². The van der Waals surface area contributed by atoms with Gasteiger partial charge < -0.3 is 9.84 Å². The maximum absolute atomic E-state index is 11.9. The number of ether oxygens (including phenoxy) is 1. The predicted octanol–water partition coefficient (Wildman–Crippen LogP) is 2.27. The van der Waals surface area contributed by atoms with Crippen LogP contribution in [0, 0.1) is 0 Å². The first kappa shape index (κ1) is 16.6. The Hall–Kier alpha value is -2.73. The molecule has 0 heterocycles. The van der Waals surface area contributed by atoms with Gasteiger partial charge in [-0.05, 0) is 31.2 Å². The summed E-state index contributed by atoms with van der Waals surface area (Å²) < 4.78 is 5.42. The van der Waals surface area contributed by atoms with Crippen molar-refractivity contribution in [2.45, 2.75) is 13.0 Å². The zero-order valence-corrected chi connectivity index (χ0v) is 13.0. The van der Waals surface area contributed by atoms with E-state index in [0.717, 1.165) is 0 Å². The molecule has 0 spiro atoms. The number of hydrazine groups is 1. The van der Waals surface area contributed by atoms with Crippen molar-refractivity contribution < 1.29 is 19.4 Å². The highest BCUT2D eigenvalue weighted by atomic mass is 35.5. The second-order valence-corrected chi connectivity index (χ2v) is 5.06. The van der Waals surface area contributed by atoms with Gasteiger partial charge >= 0.3 is 0 Å². The van der Waals surface area contributed by atoms with Crippen LogP contribution < -0.4 is 15.6 Å². The Labute approximate surface area is 138 Å². The topological polar surface area (TPSA) is 87.7 Å². The molecule has 0 aromatic heterocycles. The Morgan fingerprint density at radius 2 is 1.74 bits per heavy atom. The van der Waals surface area contributed by atoms with Gasteiger partial charge in [0.15, 0.2) is 6.10 Å². The smallest absolute Gasteiger partial charge is 0.279 e.